The van der Waals surface area contributed by atoms with Crippen LogP contribution in [0.1, 0.15) is 51.6 Å². The van der Waals surface area contributed by atoms with Gasteiger partial charge in [0.2, 0.25) is 5.91 Å². The smallest absolute Gasteiger partial charge is 0.261 e. The number of carbonyl (C=O) groups is 3. The molecule has 0 radical (unpaired) electrons. The van der Waals surface area contributed by atoms with Gasteiger partial charge >= 0.3 is 0 Å². The molecule has 28 heavy (non-hydrogen) atoms. The molecule has 0 bridgehead atoms. The summed E-state index contributed by atoms with van der Waals surface area (Å²) in [6.07, 6.45) is 1.38. The molecule has 144 valence electrons. The lowest BCUT2D eigenvalue weighted by Crippen LogP contribution is -2.34. The van der Waals surface area contributed by atoms with Gasteiger partial charge in [-0.3, -0.25) is 19.3 Å². The van der Waals surface area contributed by atoms with Gasteiger partial charge < -0.3 is 10.1 Å². The number of amides is 3. The van der Waals surface area contributed by atoms with Gasteiger partial charge in [0.15, 0.2) is 0 Å². The highest BCUT2D eigenvalue weighted by Gasteiger charge is 2.35. The zero-order valence-corrected chi connectivity index (χ0v) is 16.7. The summed E-state index contributed by atoms with van der Waals surface area (Å²) in [5.74, 6) is 0.101. The van der Waals surface area contributed by atoms with E-state index in [1.807, 2.05) is 24.3 Å². The molecule has 0 saturated heterocycles. The Morgan fingerprint density at radius 1 is 1.14 bits per heavy atom. The standard InChI is InChI=1S/C21H19BrN2O4/c22-13-7-8-14-16(12-13)21(27)24(20(14)26)10-3-6-19(25)23-17-9-11-28-18-5-2-1-4-15(17)18/h1-2,4-5,7-8,12,17H,3,6,9-11H2,(H,23,25). The van der Waals surface area contributed by atoms with Gasteiger partial charge in [-0.15, -0.1) is 0 Å². The third-order valence-electron chi connectivity index (χ3n) is 5.01. The van der Waals surface area contributed by atoms with Crippen LogP contribution in [0.5, 0.6) is 5.75 Å². The molecule has 1 unspecified atom stereocenters. The lowest BCUT2D eigenvalue weighted by Gasteiger charge is -2.26. The van der Waals surface area contributed by atoms with Gasteiger partial charge in [-0.25, -0.2) is 0 Å². The second-order valence-corrected chi connectivity index (χ2v) is 7.77. The average Bonchev–Trinajstić information content (AvgIpc) is 2.92. The van der Waals surface area contributed by atoms with Crippen LogP contribution in [0.4, 0.5) is 0 Å². The molecule has 1 N–H and O–H groups in total. The van der Waals surface area contributed by atoms with Crippen LogP contribution in [0, 0.1) is 0 Å². The highest BCUT2D eigenvalue weighted by molar-refractivity contribution is 9.10. The van der Waals surface area contributed by atoms with E-state index in [9.17, 15) is 14.4 Å². The monoisotopic (exact) mass is 442 g/mol. The molecule has 0 spiro atoms. The van der Waals surface area contributed by atoms with E-state index in [0.29, 0.717) is 24.2 Å². The molecule has 4 rings (SSSR count). The molecule has 3 amide bonds. The Balaban J connectivity index is 1.32. The quantitative estimate of drug-likeness (QED) is 0.719. The maximum atomic E-state index is 12.5. The minimum atomic E-state index is -0.305. The van der Waals surface area contributed by atoms with Gasteiger partial charge in [0.05, 0.1) is 23.8 Å². The molecule has 2 aromatic rings. The Morgan fingerprint density at radius 2 is 1.93 bits per heavy atom. The number of carbonyl (C=O) groups excluding carboxylic acids is 3. The Kier molecular flexibility index (Phi) is 5.17. The van der Waals surface area contributed by atoms with Crippen LogP contribution >= 0.6 is 15.9 Å². The highest BCUT2D eigenvalue weighted by atomic mass is 79.9. The van der Waals surface area contributed by atoms with Gasteiger partial charge in [-0.05, 0) is 30.7 Å². The van der Waals surface area contributed by atoms with E-state index in [-0.39, 0.29) is 36.7 Å². The van der Waals surface area contributed by atoms with Crippen LogP contribution in [-0.2, 0) is 4.79 Å². The Labute approximate surface area is 171 Å². The average molecular weight is 443 g/mol. The summed E-state index contributed by atoms with van der Waals surface area (Å²) in [5.41, 5.74) is 1.80. The number of imide groups is 1. The fourth-order valence-electron chi connectivity index (χ4n) is 3.62. The third-order valence-corrected chi connectivity index (χ3v) is 5.51. The van der Waals surface area contributed by atoms with Crippen LogP contribution in [-0.4, -0.2) is 35.8 Å². The van der Waals surface area contributed by atoms with Crippen LogP contribution in [0.25, 0.3) is 0 Å². The number of fused-ring (bicyclic) bond motifs is 2. The molecule has 0 saturated carbocycles. The topological polar surface area (TPSA) is 75.7 Å². The van der Waals surface area contributed by atoms with Crippen LogP contribution in [0.3, 0.4) is 0 Å². The molecule has 2 heterocycles. The van der Waals surface area contributed by atoms with Crippen molar-refractivity contribution in [3.8, 4) is 5.75 Å². The second-order valence-electron chi connectivity index (χ2n) is 6.85. The maximum Gasteiger partial charge on any atom is 0.261 e. The SMILES string of the molecule is O=C(CCCN1C(=O)c2ccc(Br)cc2C1=O)NC1CCOc2ccccc21. The van der Waals surface area contributed by atoms with E-state index < -0.39 is 0 Å². The van der Waals surface area contributed by atoms with Crippen molar-refractivity contribution in [1.29, 1.82) is 0 Å². The lowest BCUT2D eigenvalue weighted by atomic mass is 10.0. The predicted octanol–water partition coefficient (Wildman–Crippen LogP) is 3.47. The Morgan fingerprint density at radius 3 is 2.79 bits per heavy atom. The summed E-state index contributed by atoms with van der Waals surface area (Å²) in [7, 11) is 0. The number of nitrogens with zero attached hydrogens (tertiary/aromatic N) is 1. The molecule has 6 nitrogen and oxygen atoms in total. The summed E-state index contributed by atoms with van der Waals surface area (Å²) in [4.78, 5) is 38.5. The molecular weight excluding hydrogens is 424 g/mol. The first-order chi connectivity index (χ1) is 13.5. The van der Waals surface area contributed by atoms with E-state index in [1.54, 1.807) is 18.2 Å². The van der Waals surface area contributed by atoms with Crippen LogP contribution in [0.2, 0.25) is 0 Å². The van der Waals surface area contributed by atoms with Crippen molar-refractivity contribution >= 4 is 33.7 Å². The second kappa shape index (κ2) is 7.75. The molecular formula is C21H19BrN2O4. The summed E-state index contributed by atoms with van der Waals surface area (Å²) < 4.78 is 6.37. The predicted molar refractivity (Wildman–Crippen MR) is 106 cm³/mol. The first-order valence-corrected chi connectivity index (χ1v) is 10.0. The fourth-order valence-corrected chi connectivity index (χ4v) is 3.98. The van der Waals surface area contributed by atoms with Crippen molar-refractivity contribution in [3.63, 3.8) is 0 Å². The molecule has 2 aromatic carbocycles. The first-order valence-electron chi connectivity index (χ1n) is 9.21. The molecule has 2 aliphatic heterocycles. The van der Waals surface area contributed by atoms with E-state index in [2.05, 4.69) is 21.2 Å². The number of para-hydroxylation sites is 1. The maximum absolute atomic E-state index is 12.5. The Bertz CT molecular complexity index is 959. The number of halogens is 1. The van der Waals surface area contributed by atoms with Crippen molar-refractivity contribution in [1.82, 2.24) is 10.2 Å². The van der Waals surface area contributed by atoms with E-state index in [1.165, 1.54) is 4.90 Å². The zero-order chi connectivity index (χ0) is 19.7. The highest BCUT2D eigenvalue weighted by Crippen LogP contribution is 2.31. The van der Waals surface area contributed by atoms with Crippen molar-refractivity contribution in [3.05, 3.63) is 63.6 Å². The fraction of sp³-hybridized carbons (Fsp3) is 0.286. The van der Waals surface area contributed by atoms with E-state index in [4.69, 9.17) is 4.74 Å². The number of ether oxygens (including phenoxy) is 1. The zero-order valence-electron chi connectivity index (χ0n) is 15.1. The van der Waals surface area contributed by atoms with Crippen molar-refractivity contribution in [2.24, 2.45) is 0 Å². The number of benzene rings is 2. The van der Waals surface area contributed by atoms with Gasteiger partial charge in [0.1, 0.15) is 5.75 Å². The van der Waals surface area contributed by atoms with Crippen molar-refractivity contribution < 1.29 is 19.1 Å². The summed E-state index contributed by atoms with van der Waals surface area (Å²) in [6.45, 7) is 0.786. The molecule has 1 atom stereocenters. The molecule has 2 aliphatic rings. The Hall–Kier alpha value is -2.67. The minimum Gasteiger partial charge on any atom is -0.493 e. The van der Waals surface area contributed by atoms with Gasteiger partial charge in [0.25, 0.3) is 11.8 Å². The number of hydrogen-bond acceptors (Lipinski definition) is 4. The van der Waals surface area contributed by atoms with Crippen LogP contribution < -0.4 is 10.1 Å². The van der Waals surface area contributed by atoms with E-state index >= 15 is 0 Å². The molecule has 0 aliphatic carbocycles. The minimum absolute atomic E-state index is 0.0749. The molecule has 0 fully saturated rings. The number of nitrogens with one attached hydrogen (secondary N) is 1. The summed E-state index contributed by atoms with van der Waals surface area (Å²) in [5, 5.41) is 3.03. The van der Waals surface area contributed by atoms with E-state index in [0.717, 1.165) is 22.2 Å². The summed E-state index contributed by atoms with van der Waals surface area (Å²) in [6, 6.07) is 12.7. The largest absolute Gasteiger partial charge is 0.493 e. The third kappa shape index (κ3) is 3.54. The van der Waals surface area contributed by atoms with Gasteiger partial charge in [-0.2, -0.15) is 0 Å². The molecule has 7 heteroatoms. The molecule has 0 aromatic heterocycles. The number of hydrogen-bond donors (Lipinski definition) is 1. The van der Waals surface area contributed by atoms with Gasteiger partial charge in [0, 0.05) is 29.4 Å². The lowest BCUT2D eigenvalue weighted by molar-refractivity contribution is -0.122. The van der Waals surface area contributed by atoms with Crippen molar-refractivity contribution in [2.75, 3.05) is 13.2 Å². The normalized spacial score (nSPS) is 17.8. The van der Waals surface area contributed by atoms with Crippen molar-refractivity contribution in [2.45, 2.75) is 25.3 Å². The van der Waals surface area contributed by atoms with Crippen LogP contribution in [0.15, 0.2) is 46.9 Å². The summed E-state index contributed by atoms with van der Waals surface area (Å²) >= 11 is 3.32. The first kappa shape index (κ1) is 18.7. The number of rotatable bonds is 5. The van der Waals surface area contributed by atoms with Gasteiger partial charge in [-0.1, -0.05) is 34.1 Å².